The molecule has 54 valence electrons. The van der Waals surface area contributed by atoms with Crippen LogP contribution in [0.25, 0.3) is 0 Å². The molecule has 3 aliphatic rings. The number of hydrogen-bond acceptors (Lipinski definition) is 2. The molecule has 0 saturated heterocycles. The molecule has 0 aromatic carbocycles. The van der Waals surface area contributed by atoms with Gasteiger partial charge in [0.1, 0.15) is 0 Å². The lowest BCUT2D eigenvalue weighted by atomic mass is 9.98. The van der Waals surface area contributed by atoms with Crippen molar-refractivity contribution in [2.24, 2.45) is 28.3 Å². The fourth-order valence-electron chi connectivity index (χ4n) is 3.11. The molecule has 3 saturated carbocycles. The molecule has 3 fully saturated rings. The van der Waals surface area contributed by atoms with E-state index in [1.807, 2.05) is 7.05 Å². The largest absolute Gasteiger partial charge is 0.313 e. The van der Waals surface area contributed by atoms with Crippen molar-refractivity contribution in [1.82, 2.24) is 5.43 Å². The summed E-state index contributed by atoms with van der Waals surface area (Å²) < 4.78 is 0. The van der Waals surface area contributed by atoms with Gasteiger partial charge in [-0.2, -0.15) is 5.10 Å². The van der Waals surface area contributed by atoms with Crippen LogP contribution in [0.5, 0.6) is 0 Å². The fraction of sp³-hybridized carbons (Fsp3) is 0.875. The lowest BCUT2D eigenvalue weighted by Gasteiger charge is -2.11. The molecule has 0 aromatic heterocycles. The summed E-state index contributed by atoms with van der Waals surface area (Å²) in [5.74, 6) is 2.76. The van der Waals surface area contributed by atoms with Crippen molar-refractivity contribution < 1.29 is 0 Å². The van der Waals surface area contributed by atoms with E-state index in [0.29, 0.717) is 0 Å². The van der Waals surface area contributed by atoms with Crippen LogP contribution in [-0.4, -0.2) is 12.8 Å². The first-order valence-electron chi connectivity index (χ1n) is 4.06. The molecule has 4 unspecified atom stereocenters. The molecule has 0 bridgehead atoms. The molecule has 1 N–H and O–H groups in total. The van der Waals surface area contributed by atoms with E-state index in [9.17, 15) is 0 Å². The van der Waals surface area contributed by atoms with Gasteiger partial charge >= 0.3 is 0 Å². The van der Waals surface area contributed by atoms with Gasteiger partial charge in [-0.1, -0.05) is 6.92 Å². The topological polar surface area (TPSA) is 24.4 Å². The Balaban J connectivity index is 1.91. The molecule has 4 atom stereocenters. The summed E-state index contributed by atoms with van der Waals surface area (Å²) in [7, 11) is 1.89. The predicted octanol–water partition coefficient (Wildman–Crippen LogP) is 0.848. The van der Waals surface area contributed by atoms with Gasteiger partial charge in [0.05, 0.1) is 0 Å². The van der Waals surface area contributed by atoms with E-state index >= 15 is 0 Å². The number of nitrogens with one attached hydrogen (secondary N) is 1. The quantitative estimate of drug-likeness (QED) is 0.531. The minimum absolute atomic E-state index is 0.815. The minimum Gasteiger partial charge on any atom is -0.313 e. The van der Waals surface area contributed by atoms with Crippen molar-refractivity contribution in [2.45, 2.75) is 13.3 Å². The van der Waals surface area contributed by atoms with Crippen molar-refractivity contribution in [1.29, 1.82) is 0 Å². The van der Waals surface area contributed by atoms with Crippen LogP contribution >= 0.6 is 0 Å². The summed E-state index contributed by atoms with van der Waals surface area (Å²) in [4.78, 5) is 0. The molecular weight excluding hydrogens is 124 g/mol. The van der Waals surface area contributed by atoms with Crippen molar-refractivity contribution in [3.63, 3.8) is 0 Å². The molecule has 0 radical (unpaired) electrons. The first-order chi connectivity index (χ1) is 4.82. The third-order valence-corrected chi connectivity index (χ3v) is 3.78. The second-order valence-corrected chi connectivity index (χ2v) is 3.90. The summed E-state index contributed by atoms with van der Waals surface area (Å²) in [6.07, 6.45) is 1.44. The van der Waals surface area contributed by atoms with Crippen LogP contribution in [0.1, 0.15) is 13.3 Å². The zero-order chi connectivity index (χ0) is 6.93. The smallest absolute Gasteiger partial charge is 0.0454 e. The van der Waals surface area contributed by atoms with Gasteiger partial charge in [0.25, 0.3) is 0 Å². The summed E-state index contributed by atoms with van der Waals surface area (Å²) in [6.45, 7) is 2.36. The summed E-state index contributed by atoms with van der Waals surface area (Å²) in [5, 5.41) is 4.29. The Morgan fingerprint density at radius 2 is 2.50 bits per heavy atom. The Kier molecular flexibility index (Phi) is 0.582. The van der Waals surface area contributed by atoms with Crippen LogP contribution in [0, 0.1) is 23.2 Å². The normalized spacial score (nSPS) is 64.2. The molecule has 0 aromatic rings. The molecule has 10 heavy (non-hydrogen) atoms. The number of rotatable bonds is 1. The highest BCUT2D eigenvalue weighted by molar-refractivity contribution is 6.05. The van der Waals surface area contributed by atoms with Gasteiger partial charge in [-0.05, 0) is 17.8 Å². The number of hydrogen-bond donors (Lipinski definition) is 1. The van der Waals surface area contributed by atoms with Crippen molar-refractivity contribution >= 4 is 5.71 Å². The lowest BCUT2D eigenvalue weighted by Crippen LogP contribution is -2.20. The van der Waals surface area contributed by atoms with Gasteiger partial charge in [0.15, 0.2) is 0 Å². The van der Waals surface area contributed by atoms with E-state index < -0.39 is 0 Å². The second kappa shape index (κ2) is 1.13. The lowest BCUT2D eigenvalue weighted by molar-refractivity contribution is 0.679. The fourth-order valence-corrected chi connectivity index (χ4v) is 3.11. The average molecular weight is 136 g/mol. The van der Waals surface area contributed by atoms with Crippen LogP contribution < -0.4 is 5.43 Å². The SMILES string of the molecule is CN/N=C1/C2CC23C(C)C13. The Bertz CT molecular complexity index is 233. The molecule has 3 rings (SSSR count). The first-order valence-corrected chi connectivity index (χ1v) is 4.06. The van der Waals surface area contributed by atoms with Crippen LogP contribution in [0.15, 0.2) is 5.10 Å². The van der Waals surface area contributed by atoms with Gasteiger partial charge in [0.2, 0.25) is 0 Å². The van der Waals surface area contributed by atoms with Gasteiger partial charge in [-0.25, -0.2) is 0 Å². The molecular formula is C8H12N2. The average Bonchev–Trinajstić information content (AvgIpc) is 2.68. The highest BCUT2D eigenvalue weighted by Crippen LogP contribution is 2.88. The summed E-state index contributed by atoms with van der Waals surface area (Å²) in [6, 6.07) is 0. The monoisotopic (exact) mass is 136 g/mol. The molecule has 0 amide bonds. The molecule has 2 nitrogen and oxygen atoms in total. The van der Waals surface area contributed by atoms with E-state index in [1.54, 1.807) is 0 Å². The predicted molar refractivity (Wildman–Crippen MR) is 39.7 cm³/mol. The van der Waals surface area contributed by atoms with Gasteiger partial charge in [-0.3, -0.25) is 0 Å². The van der Waals surface area contributed by atoms with Crippen molar-refractivity contribution in [3.8, 4) is 0 Å². The third-order valence-electron chi connectivity index (χ3n) is 3.78. The van der Waals surface area contributed by atoms with E-state index in [-0.39, 0.29) is 0 Å². The Hall–Kier alpha value is -0.530. The van der Waals surface area contributed by atoms with Crippen LogP contribution in [0.2, 0.25) is 0 Å². The Morgan fingerprint density at radius 3 is 2.90 bits per heavy atom. The van der Waals surface area contributed by atoms with Gasteiger partial charge in [-0.15, -0.1) is 0 Å². The van der Waals surface area contributed by atoms with Crippen LogP contribution in [0.3, 0.4) is 0 Å². The molecule has 3 aliphatic carbocycles. The van der Waals surface area contributed by atoms with E-state index in [2.05, 4.69) is 17.5 Å². The number of hydrazone groups is 1. The minimum atomic E-state index is 0.815. The zero-order valence-electron chi connectivity index (χ0n) is 6.39. The highest BCUT2D eigenvalue weighted by atomic mass is 15.3. The molecule has 1 spiro atoms. The standard InChI is InChI=1S/C8H12N2/c1-4-6-7(10-9-2)5-3-8(4,5)6/h4-6,9H,3H2,1-2H3/b10-7-. The van der Waals surface area contributed by atoms with Crippen molar-refractivity contribution in [2.75, 3.05) is 7.05 Å². The Labute approximate surface area is 60.7 Å². The van der Waals surface area contributed by atoms with E-state index in [0.717, 1.165) is 23.2 Å². The third kappa shape index (κ3) is 0.279. The van der Waals surface area contributed by atoms with Crippen molar-refractivity contribution in [3.05, 3.63) is 0 Å². The first kappa shape index (κ1) is 5.16. The summed E-state index contributed by atoms with van der Waals surface area (Å²) >= 11 is 0. The van der Waals surface area contributed by atoms with Gasteiger partial charge in [0, 0.05) is 24.6 Å². The molecule has 0 aliphatic heterocycles. The number of nitrogens with zero attached hydrogens (tertiary/aromatic N) is 1. The summed E-state index contributed by atoms with van der Waals surface area (Å²) in [5.41, 5.74) is 5.17. The van der Waals surface area contributed by atoms with E-state index in [1.165, 1.54) is 12.1 Å². The van der Waals surface area contributed by atoms with Crippen LogP contribution in [-0.2, 0) is 0 Å². The molecule has 2 heteroatoms. The highest BCUT2D eigenvalue weighted by Gasteiger charge is 2.88. The maximum Gasteiger partial charge on any atom is 0.0454 e. The van der Waals surface area contributed by atoms with E-state index in [4.69, 9.17) is 0 Å². The van der Waals surface area contributed by atoms with Crippen LogP contribution in [0.4, 0.5) is 0 Å². The zero-order valence-corrected chi connectivity index (χ0v) is 6.39. The maximum atomic E-state index is 4.29. The Morgan fingerprint density at radius 1 is 1.70 bits per heavy atom. The maximum absolute atomic E-state index is 4.29. The second-order valence-electron chi connectivity index (χ2n) is 3.90. The van der Waals surface area contributed by atoms with Gasteiger partial charge < -0.3 is 5.43 Å². The molecule has 0 heterocycles.